The molecule has 3 heterocycles. The first-order valence-electron chi connectivity index (χ1n) is 10.9. The minimum absolute atomic E-state index is 0.0636. The van der Waals surface area contributed by atoms with Crippen LogP contribution >= 0.6 is 0 Å². The molecule has 1 atom stereocenters. The number of carbonyl (C=O) groups is 1. The average molecular weight is 519 g/mol. The lowest BCUT2D eigenvalue weighted by molar-refractivity contribution is -0.129. The predicted molar refractivity (Wildman–Crippen MR) is 131 cm³/mol. The summed E-state index contributed by atoms with van der Waals surface area (Å²) in [6, 6.07) is 14.4. The normalized spacial score (nSPS) is 17.5. The zero-order valence-corrected chi connectivity index (χ0v) is 20.1. The van der Waals surface area contributed by atoms with Crippen LogP contribution in [0.5, 0.6) is 5.75 Å². The maximum Gasteiger partial charge on any atom is 0.356 e. The zero-order chi connectivity index (χ0) is 26.2. The van der Waals surface area contributed by atoms with Gasteiger partial charge in [0, 0.05) is 36.8 Å². The summed E-state index contributed by atoms with van der Waals surface area (Å²) in [4.78, 5) is 31.0. The first kappa shape index (κ1) is 24.0. The molecule has 0 bridgehead atoms. The minimum Gasteiger partial charge on any atom is -0.378 e. The molecule has 37 heavy (non-hydrogen) atoms. The Balaban J connectivity index is 1.65. The molecule has 12 heteroatoms. The van der Waals surface area contributed by atoms with Crippen molar-refractivity contribution in [3.63, 3.8) is 0 Å². The van der Waals surface area contributed by atoms with Crippen LogP contribution in [0.15, 0.2) is 95.6 Å². The van der Waals surface area contributed by atoms with Crippen LogP contribution in [0, 0.1) is 5.82 Å². The molecule has 0 saturated carbocycles. The van der Waals surface area contributed by atoms with Crippen LogP contribution in [-0.4, -0.2) is 47.2 Å². The molecule has 0 fully saturated rings. The van der Waals surface area contributed by atoms with Gasteiger partial charge in [0.05, 0.1) is 0 Å². The largest absolute Gasteiger partial charge is 0.378 e. The molecule has 1 aliphatic rings. The third-order valence-corrected chi connectivity index (χ3v) is 7.01. The number of hydrogen-bond acceptors (Lipinski definition) is 9. The lowest BCUT2D eigenvalue weighted by Crippen LogP contribution is -2.41. The van der Waals surface area contributed by atoms with Gasteiger partial charge >= 0.3 is 10.1 Å². The predicted octanol–water partition coefficient (Wildman–Crippen LogP) is 2.48. The first-order valence-corrected chi connectivity index (χ1v) is 12.3. The summed E-state index contributed by atoms with van der Waals surface area (Å²) in [5.41, 5.74) is 5.42. The molecule has 4 aromatic rings. The van der Waals surface area contributed by atoms with Gasteiger partial charge in [0.15, 0.2) is 16.5 Å². The molecule has 2 N–H and O–H groups in total. The second kappa shape index (κ2) is 9.06. The number of benzene rings is 2. The summed E-state index contributed by atoms with van der Waals surface area (Å²) in [7, 11) is -2.79. The van der Waals surface area contributed by atoms with E-state index >= 15 is 0 Å². The van der Waals surface area contributed by atoms with Crippen molar-refractivity contribution in [1.29, 1.82) is 0 Å². The molecular weight excluding hydrogens is 499 g/mol. The molecule has 2 aromatic carbocycles. The molecule has 0 saturated heterocycles. The Kier molecular flexibility index (Phi) is 5.88. The van der Waals surface area contributed by atoms with E-state index in [1.807, 2.05) is 0 Å². The third kappa shape index (κ3) is 4.16. The van der Waals surface area contributed by atoms with E-state index in [1.165, 1.54) is 85.4 Å². The van der Waals surface area contributed by atoms with Crippen LogP contribution in [0.2, 0.25) is 0 Å². The van der Waals surface area contributed by atoms with E-state index in [4.69, 9.17) is 9.92 Å². The Morgan fingerprint density at radius 3 is 2.43 bits per heavy atom. The van der Waals surface area contributed by atoms with Crippen LogP contribution in [0.1, 0.15) is 11.1 Å². The Bertz CT molecular complexity index is 1630. The van der Waals surface area contributed by atoms with Crippen molar-refractivity contribution in [2.75, 3.05) is 7.05 Å². The first-order chi connectivity index (χ1) is 17.7. The Morgan fingerprint density at radius 2 is 1.76 bits per heavy atom. The number of rotatable bonds is 6. The van der Waals surface area contributed by atoms with Gasteiger partial charge in [0.25, 0.3) is 5.91 Å². The zero-order valence-electron chi connectivity index (χ0n) is 19.3. The highest BCUT2D eigenvalue weighted by molar-refractivity contribution is 7.87. The van der Waals surface area contributed by atoms with E-state index in [-0.39, 0.29) is 27.9 Å². The molecule has 5 rings (SSSR count). The van der Waals surface area contributed by atoms with E-state index in [0.29, 0.717) is 11.1 Å². The van der Waals surface area contributed by atoms with Crippen LogP contribution in [0.25, 0.3) is 11.1 Å². The summed E-state index contributed by atoms with van der Waals surface area (Å²) in [6.07, 6.45) is 5.53. The van der Waals surface area contributed by atoms with Gasteiger partial charge in [0.1, 0.15) is 17.9 Å². The summed E-state index contributed by atoms with van der Waals surface area (Å²) in [5, 5.41) is -0.276. The highest BCUT2D eigenvalue weighted by atomic mass is 32.2. The van der Waals surface area contributed by atoms with Crippen molar-refractivity contribution in [2.24, 2.45) is 10.7 Å². The van der Waals surface area contributed by atoms with Crippen molar-refractivity contribution in [1.82, 2.24) is 19.9 Å². The quantitative estimate of drug-likeness (QED) is 0.384. The van der Waals surface area contributed by atoms with Crippen LogP contribution in [0.3, 0.4) is 0 Å². The maximum absolute atomic E-state index is 14.8. The molecule has 10 nitrogen and oxygen atoms in total. The molecular formula is C25H19FN6O4S. The molecule has 1 unspecified atom stereocenters. The molecule has 1 amide bonds. The molecule has 0 aliphatic carbocycles. The van der Waals surface area contributed by atoms with Crippen LogP contribution < -0.4 is 9.92 Å². The van der Waals surface area contributed by atoms with Crippen molar-refractivity contribution >= 4 is 22.0 Å². The summed E-state index contributed by atoms with van der Waals surface area (Å²) in [6.45, 7) is 0. The second-order valence-corrected chi connectivity index (χ2v) is 9.59. The van der Waals surface area contributed by atoms with Gasteiger partial charge in [-0.3, -0.25) is 9.69 Å². The van der Waals surface area contributed by atoms with Gasteiger partial charge in [-0.15, -0.1) is 0 Å². The van der Waals surface area contributed by atoms with Gasteiger partial charge in [-0.2, -0.15) is 8.42 Å². The number of aliphatic imine (C=N–C) groups is 1. The summed E-state index contributed by atoms with van der Waals surface area (Å²) < 4.78 is 45.6. The van der Waals surface area contributed by atoms with Crippen LogP contribution in [0.4, 0.5) is 4.39 Å². The molecule has 1 aliphatic heterocycles. The second-order valence-electron chi connectivity index (χ2n) is 8.10. The van der Waals surface area contributed by atoms with Gasteiger partial charge in [-0.1, -0.05) is 24.3 Å². The number of likely N-dealkylation sites (N-methyl/N-ethyl adjacent to an activating group) is 1. The fourth-order valence-corrected chi connectivity index (χ4v) is 4.91. The average Bonchev–Trinajstić information content (AvgIpc) is 3.14. The monoisotopic (exact) mass is 518 g/mol. The van der Waals surface area contributed by atoms with E-state index < -0.39 is 27.4 Å². The molecule has 0 radical (unpaired) electrons. The van der Waals surface area contributed by atoms with E-state index in [1.54, 1.807) is 12.1 Å². The Hall–Kier alpha value is -4.71. The maximum atomic E-state index is 14.8. The number of guanidine groups is 1. The Labute approximate surface area is 211 Å². The topological polar surface area (TPSA) is 141 Å². The fraction of sp³-hybridized carbons (Fsp3) is 0.0800. The highest BCUT2D eigenvalue weighted by Gasteiger charge is 2.50. The molecule has 2 aromatic heterocycles. The summed E-state index contributed by atoms with van der Waals surface area (Å²) >= 11 is 0. The van der Waals surface area contributed by atoms with Crippen molar-refractivity contribution in [2.45, 2.75) is 10.6 Å². The van der Waals surface area contributed by atoms with E-state index in [2.05, 4.69) is 19.9 Å². The number of pyridine rings is 1. The van der Waals surface area contributed by atoms with Crippen molar-refractivity contribution in [3.8, 4) is 16.9 Å². The molecule has 0 spiro atoms. The van der Waals surface area contributed by atoms with Gasteiger partial charge < -0.3 is 9.92 Å². The van der Waals surface area contributed by atoms with Crippen molar-refractivity contribution < 1.29 is 21.8 Å². The smallest absolute Gasteiger partial charge is 0.356 e. The highest BCUT2D eigenvalue weighted by Crippen LogP contribution is 2.42. The van der Waals surface area contributed by atoms with Crippen LogP contribution in [-0.2, 0) is 20.5 Å². The fourth-order valence-electron chi connectivity index (χ4n) is 4.03. The van der Waals surface area contributed by atoms with Crippen molar-refractivity contribution in [3.05, 3.63) is 103 Å². The third-order valence-electron chi connectivity index (χ3n) is 5.85. The number of hydrogen-bond donors (Lipinski definition) is 1. The Morgan fingerprint density at radius 1 is 1.00 bits per heavy atom. The number of carbonyl (C=O) groups excluding carboxylic acids is 1. The minimum atomic E-state index is -4.25. The van der Waals surface area contributed by atoms with E-state index in [9.17, 15) is 17.6 Å². The lowest BCUT2D eigenvalue weighted by Gasteiger charge is -2.27. The number of aromatic nitrogens is 3. The standard InChI is InChI=1S/C25H19FN6O4S/c1-32-23(33)25(31-24(32)27,18-8-9-21(26)20(12-18)16-13-28-15-29-14-16)17-5-4-6-19(11-17)36-37(34,35)22-7-2-3-10-30-22/h2-15H,1H3,(H2,27,31). The SMILES string of the molecule is CN1C(=O)C(c2cccc(OS(=O)(=O)c3ccccn3)c2)(c2ccc(F)c(-c3cncnc3)c2)N=C1N. The van der Waals surface area contributed by atoms with E-state index in [0.717, 1.165) is 0 Å². The lowest BCUT2D eigenvalue weighted by atomic mass is 9.81. The van der Waals surface area contributed by atoms with Gasteiger partial charge in [-0.25, -0.2) is 24.3 Å². The number of nitrogens with zero attached hydrogens (tertiary/aromatic N) is 5. The number of halogens is 1. The molecule has 186 valence electrons. The van der Waals surface area contributed by atoms with Gasteiger partial charge in [-0.05, 0) is 47.5 Å². The number of amides is 1. The number of nitrogens with two attached hydrogens (primary N) is 1. The van der Waals surface area contributed by atoms with Gasteiger partial charge in [0.2, 0.25) is 0 Å². The summed E-state index contributed by atoms with van der Waals surface area (Å²) in [5.74, 6) is -1.21.